The van der Waals surface area contributed by atoms with Crippen molar-refractivity contribution in [3.8, 4) is 0 Å². The highest BCUT2D eigenvalue weighted by Crippen LogP contribution is 2.23. The summed E-state index contributed by atoms with van der Waals surface area (Å²) in [5, 5.41) is 1.43. The molecule has 1 rings (SSSR count). The predicted octanol–water partition coefficient (Wildman–Crippen LogP) is 4.39. The quantitative estimate of drug-likeness (QED) is 0.289. The minimum Gasteiger partial charge on any atom is -0.404 e. The SMILES string of the molecule is CCCCCC[Si](I)(OCC)c1ccccc1. The van der Waals surface area contributed by atoms with Gasteiger partial charge in [0.15, 0.2) is 0 Å². The van der Waals surface area contributed by atoms with Gasteiger partial charge in [-0.25, -0.2) is 0 Å². The third-order valence-corrected chi connectivity index (χ3v) is 10.3. The second kappa shape index (κ2) is 8.27. The van der Waals surface area contributed by atoms with Crippen LogP contribution >= 0.6 is 21.8 Å². The maximum atomic E-state index is 6.12. The van der Waals surface area contributed by atoms with Gasteiger partial charge in [-0.15, -0.1) is 0 Å². The van der Waals surface area contributed by atoms with E-state index < -0.39 is 5.81 Å². The molecule has 1 aromatic rings. The van der Waals surface area contributed by atoms with Crippen molar-refractivity contribution in [3.63, 3.8) is 0 Å². The highest BCUT2D eigenvalue weighted by Gasteiger charge is 2.32. The Morgan fingerprint density at radius 3 is 2.35 bits per heavy atom. The minimum absolute atomic E-state index is 0.831. The zero-order valence-corrected chi connectivity index (χ0v) is 14.1. The number of halogens is 1. The molecular weight excluding hydrogens is 339 g/mol. The molecule has 1 atom stereocenters. The molecular formula is C14H23IOSi. The molecule has 0 aromatic heterocycles. The van der Waals surface area contributed by atoms with Crippen LogP contribution in [0.25, 0.3) is 0 Å². The van der Waals surface area contributed by atoms with E-state index in [1.54, 1.807) is 0 Å². The van der Waals surface area contributed by atoms with Crippen LogP contribution in [0, 0.1) is 0 Å². The first-order chi connectivity index (χ1) is 8.23. The van der Waals surface area contributed by atoms with Crippen molar-refractivity contribution in [3.05, 3.63) is 30.3 Å². The van der Waals surface area contributed by atoms with Crippen molar-refractivity contribution in [1.29, 1.82) is 0 Å². The van der Waals surface area contributed by atoms with Crippen molar-refractivity contribution in [2.75, 3.05) is 6.61 Å². The molecule has 1 nitrogen and oxygen atoms in total. The second-order valence-corrected chi connectivity index (χ2v) is 12.4. The normalized spacial score (nSPS) is 14.5. The smallest absolute Gasteiger partial charge is 0.290 e. The molecule has 0 radical (unpaired) electrons. The Hall–Kier alpha value is 0.127. The molecule has 96 valence electrons. The first-order valence-corrected chi connectivity index (χ1v) is 11.8. The lowest BCUT2D eigenvalue weighted by atomic mass is 10.2. The second-order valence-electron chi connectivity index (χ2n) is 4.34. The Morgan fingerprint density at radius 2 is 1.76 bits per heavy atom. The van der Waals surface area contributed by atoms with Crippen LogP contribution in [-0.4, -0.2) is 12.4 Å². The summed E-state index contributed by atoms with van der Waals surface area (Å²) in [4.78, 5) is 0. The van der Waals surface area contributed by atoms with Crippen LogP contribution in [0.15, 0.2) is 30.3 Å². The highest BCUT2D eigenvalue weighted by molar-refractivity contribution is 14.1. The van der Waals surface area contributed by atoms with Crippen LogP contribution in [0.4, 0.5) is 0 Å². The molecule has 0 amide bonds. The molecule has 1 aromatic carbocycles. The van der Waals surface area contributed by atoms with Gasteiger partial charge in [0.05, 0.1) is 0 Å². The van der Waals surface area contributed by atoms with E-state index in [1.807, 2.05) is 0 Å². The fourth-order valence-corrected chi connectivity index (χ4v) is 7.60. The molecule has 0 saturated heterocycles. The molecule has 0 aliphatic carbocycles. The van der Waals surface area contributed by atoms with Crippen LogP contribution in [0.1, 0.15) is 39.5 Å². The molecule has 0 saturated carbocycles. The van der Waals surface area contributed by atoms with Gasteiger partial charge in [0.25, 0.3) is 5.81 Å². The average molecular weight is 362 g/mol. The fraction of sp³-hybridized carbons (Fsp3) is 0.571. The summed E-state index contributed by atoms with van der Waals surface area (Å²) in [5.74, 6) is -1.71. The molecule has 0 spiro atoms. The number of unbranched alkanes of at least 4 members (excludes halogenated alkanes) is 3. The summed E-state index contributed by atoms with van der Waals surface area (Å²) < 4.78 is 6.12. The summed E-state index contributed by atoms with van der Waals surface area (Å²) in [6.07, 6.45) is 5.30. The molecule has 0 heterocycles. The van der Waals surface area contributed by atoms with Crippen LogP contribution in [0.2, 0.25) is 6.04 Å². The van der Waals surface area contributed by atoms with Crippen LogP contribution in [0.5, 0.6) is 0 Å². The van der Waals surface area contributed by atoms with E-state index in [0.717, 1.165) is 6.61 Å². The Morgan fingerprint density at radius 1 is 1.06 bits per heavy atom. The van der Waals surface area contributed by atoms with Gasteiger partial charge in [0.2, 0.25) is 0 Å². The Kier molecular flexibility index (Phi) is 7.39. The van der Waals surface area contributed by atoms with Crippen molar-refractivity contribution in [2.24, 2.45) is 0 Å². The summed E-state index contributed by atoms with van der Waals surface area (Å²) in [5.41, 5.74) is 0. The third kappa shape index (κ3) is 5.10. The molecule has 1 unspecified atom stereocenters. The fourth-order valence-electron chi connectivity index (χ4n) is 1.99. The first-order valence-electron chi connectivity index (χ1n) is 6.61. The molecule has 3 heteroatoms. The van der Waals surface area contributed by atoms with Crippen LogP contribution < -0.4 is 5.19 Å². The predicted molar refractivity (Wildman–Crippen MR) is 86.4 cm³/mol. The van der Waals surface area contributed by atoms with Crippen molar-refractivity contribution in [2.45, 2.75) is 45.6 Å². The Labute approximate surface area is 119 Å². The van der Waals surface area contributed by atoms with Crippen LogP contribution in [0.3, 0.4) is 0 Å². The van der Waals surface area contributed by atoms with Gasteiger partial charge in [-0.1, -0.05) is 84.7 Å². The van der Waals surface area contributed by atoms with E-state index in [2.05, 4.69) is 66.0 Å². The lowest BCUT2D eigenvalue weighted by Crippen LogP contribution is -2.44. The monoisotopic (exact) mass is 362 g/mol. The minimum atomic E-state index is -1.71. The van der Waals surface area contributed by atoms with E-state index in [4.69, 9.17) is 4.43 Å². The largest absolute Gasteiger partial charge is 0.404 e. The third-order valence-electron chi connectivity index (χ3n) is 2.93. The Balaban J connectivity index is 2.62. The molecule has 0 bridgehead atoms. The number of benzene rings is 1. The van der Waals surface area contributed by atoms with Gasteiger partial charge in [0.1, 0.15) is 0 Å². The highest BCUT2D eigenvalue weighted by atomic mass is 127. The Bertz CT molecular complexity index is 304. The topological polar surface area (TPSA) is 9.23 Å². The maximum Gasteiger partial charge on any atom is 0.290 e. The maximum absolute atomic E-state index is 6.12. The van der Waals surface area contributed by atoms with Gasteiger partial charge in [-0.05, 0) is 18.2 Å². The average Bonchev–Trinajstić information content (AvgIpc) is 2.36. The van der Waals surface area contributed by atoms with Gasteiger partial charge in [0, 0.05) is 6.61 Å². The molecule has 0 fully saturated rings. The molecule has 17 heavy (non-hydrogen) atoms. The summed E-state index contributed by atoms with van der Waals surface area (Å²) in [7, 11) is 0. The molecule has 0 aliphatic heterocycles. The number of rotatable bonds is 8. The zero-order valence-electron chi connectivity index (χ0n) is 10.9. The summed E-state index contributed by atoms with van der Waals surface area (Å²) in [6, 6.07) is 12.0. The van der Waals surface area contributed by atoms with E-state index in [1.165, 1.54) is 36.9 Å². The zero-order chi connectivity index (χ0) is 12.6. The van der Waals surface area contributed by atoms with Crippen molar-refractivity contribution < 1.29 is 4.43 Å². The lowest BCUT2D eigenvalue weighted by molar-refractivity contribution is 0.346. The van der Waals surface area contributed by atoms with Crippen molar-refractivity contribution in [1.82, 2.24) is 0 Å². The van der Waals surface area contributed by atoms with Gasteiger partial charge < -0.3 is 4.43 Å². The molecule has 0 N–H and O–H groups in total. The number of hydrogen-bond donors (Lipinski definition) is 0. The van der Waals surface area contributed by atoms with Gasteiger partial charge in [-0.3, -0.25) is 0 Å². The first kappa shape index (κ1) is 15.2. The van der Waals surface area contributed by atoms with E-state index in [9.17, 15) is 0 Å². The van der Waals surface area contributed by atoms with E-state index >= 15 is 0 Å². The molecule has 0 aliphatic rings. The summed E-state index contributed by atoms with van der Waals surface area (Å²) >= 11 is 2.61. The van der Waals surface area contributed by atoms with Gasteiger partial charge >= 0.3 is 0 Å². The number of hydrogen-bond acceptors (Lipinski definition) is 1. The standard InChI is InChI=1S/C14H23IOSi/c1-3-5-6-10-13-17(15,16-4-2)14-11-8-7-9-12-14/h7-9,11-12H,3-6,10,13H2,1-2H3. The van der Waals surface area contributed by atoms with E-state index in [-0.39, 0.29) is 0 Å². The van der Waals surface area contributed by atoms with Crippen LogP contribution in [-0.2, 0) is 4.43 Å². The summed E-state index contributed by atoms with van der Waals surface area (Å²) in [6.45, 7) is 5.20. The van der Waals surface area contributed by atoms with Crippen molar-refractivity contribution >= 4 is 32.8 Å². The lowest BCUT2D eigenvalue weighted by Gasteiger charge is -2.25. The van der Waals surface area contributed by atoms with Gasteiger partial charge in [-0.2, -0.15) is 0 Å². The van der Waals surface area contributed by atoms with E-state index in [0.29, 0.717) is 0 Å².